The van der Waals surface area contributed by atoms with E-state index in [0.29, 0.717) is 5.92 Å². The number of fused-ring (bicyclic) bond motifs is 1. The largest absolute Gasteiger partial charge is 0.276 e. The predicted octanol–water partition coefficient (Wildman–Crippen LogP) is 2.83. The van der Waals surface area contributed by atoms with Gasteiger partial charge in [0.2, 0.25) is 0 Å². The van der Waals surface area contributed by atoms with Crippen molar-refractivity contribution < 1.29 is 0 Å². The van der Waals surface area contributed by atoms with Crippen LogP contribution in [0.4, 0.5) is 0 Å². The van der Waals surface area contributed by atoms with E-state index in [4.69, 9.17) is 0 Å². The van der Waals surface area contributed by atoms with Crippen molar-refractivity contribution in [2.45, 2.75) is 52.9 Å². The topological polar surface area (TPSA) is 50.2 Å². The molecule has 18 heavy (non-hydrogen) atoms. The fourth-order valence-electron chi connectivity index (χ4n) is 2.24. The number of hydrogen-bond donors (Lipinski definition) is 1. The van der Waals surface area contributed by atoms with Gasteiger partial charge in [-0.3, -0.25) is 9.89 Å². The molecule has 0 radical (unpaired) electrons. The third kappa shape index (κ3) is 1.96. The summed E-state index contributed by atoms with van der Waals surface area (Å²) in [6.07, 6.45) is 0.755. The zero-order valence-electron chi connectivity index (χ0n) is 11.7. The lowest BCUT2D eigenvalue weighted by Crippen LogP contribution is -2.21. The fraction of sp³-hybridized carbons (Fsp3) is 0.571. The molecule has 2 aromatic rings. The maximum Gasteiger partial charge on any atom is 0.274 e. The summed E-state index contributed by atoms with van der Waals surface area (Å²) in [5, 5.41) is 3.10. The van der Waals surface area contributed by atoms with E-state index in [9.17, 15) is 4.79 Å². The van der Waals surface area contributed by atoms with Gasteiger partial charge in [-0.25, -0.2) is 4.98 Å². The number of nitrogens with zero attached hydrogens (tertiary/aromatic N) is 2. The molecule has 2 aromatic heterocycles. The first-order valence-corrected chi connectivity index (χ1v) is 6.60. The van der Waals surface area contributed by atoms with Crippen molar-refractivity contribution >= 4 is 5.65 Å². The van der Waals surface area contributed by atoms with Crippen LogP contribution in [0.15, 0.2) is 10.9 Å². The molecule has 1 N–H and O–H groups in total. The van der Waals surface area contributed by atoms with Gasteiger partial charge in [0.25, 0.3) is 5.56 Å². The second-order valence-corrected chi connectivity index (χ2v) is 5.35. The van der Waals surface area contributed by atoms with E-state index in [-0.39, 0.29) is 11.5 Å². The first-order valence-electron chi connectivity index (χ1n) is 6.60. The molecule has 4 nitrogen and oxygen atoms in total. The summed E-state index contributed by atoms with van der Waals surface area (Å²) in [6.45, 7) is 10.4. The van der Waals surface area contributed by atoms with E-state index in [0.717, 1.165) is 29.0 Å². The van der Waals surface area contributed by atoms with Crippen molar-refractivity contribution in [3.63, 3.8) is 0 Å². The molecule has 0 spiro atoms. The van der Waals surface area contributed by atoms with Crippen LogP contribution >= 0.6 is 0 Å². The SMILES string of the molecule is CCc1c(C(C)C)cc2nc(C(C)C)[nH]n2c1=O. The van der Waals surface area contributed by atoms with Crippen LogP contribution in [0, 0.1) is 0 Å². The molecular formula is C14H21N3O. The summed E-state index contributed by atoms with van der Waals surface area (Å²) in [7, 11) is 0. The summed E-state index contributed by atoms with van der Waals surface area (Å²) >= 11 is 0. The molecule has 0 aliphatic carbocycles. The maximum absolute atomic E-state index is 12.4. The average Bonchev–Trinajstić information content (AvgIpc) is 2.73. The highest BCUT2D eigenvalue weighted by molar-refractivity contribution is 5.45. The van der Waals surface area contributed by atoms with Gasteiger partial charge < -0.3 is 0 Å². The van der Waals surface area contributed by atoms with Crippen molar-refractivity contribution in [3.8, 4) is 0 Å². The van der Waals surface area contributed by atoms with Crippen LogP contribution in [-0.4, -0.2) is 14.6 Å². The van der Waals surface area contributed by atoms with Crippen LogP contribution in [0.25, 0.3) is 5.65 Å². The first-order chi connectivity index (χ1) is 8.45. The summed E-state index contributed by atoms with van der Waals surface area (Å²) < 4.78 is 1.57. The van der Waals surface area contributed by atoms with Crippen molar-refractivity contribution in [2.24, 2.45) is 0 Å². The molecule has 0 aliphatic heterocycles. The predicted molar refractivity (Wildman–Crippen MR) is 73.4 cm³/mol. The smallest absolute Gasteiger partial charge is 0.274 e. The maximum atomic E-state index is 12.4. The van der Waals surface area contributed by atoms with Crippen molar-refractivity contribution in [1.29, 1.82) is 0 Å². The average molecular weight is 247 g/mol. The number of H-pyrrole nitrogens is 1. The summed E-state index contributed by atoms with van der Waals surface area (Å²) in [5.74, 6) is 1.49. The van der Waals surface area contributed by atoms with Crippen molar-refractivity contribution in [2.75, 3.05) is 0 Å². The number of nitrogens with one attached hydrogen (secondary N) is 1. The molecule has 0 aromatic carbocycles. The van der Waals surface area contributed by atoms with E-state index in [2.05, 4.69) is 37.8 Å². The summed E-state index contributed by atoms with van der Waals surface area (Å²) in [6, 6.07) is 2.04. The minimum atomic E-state index is 0.0399. The molecule has 0 amide bonds. The highest BCUT2D eigenvalue weighted by atomic mass is 16.1. The van der Waals surface area contributed by atoms with Crippen molar-refractivity contribution in [1.82, 2.24) is 14.6 Å². The highest BCUT2D eigenvalue weighted by Crippen LogP contribution is 2.19. The normalized spacial score (nSPS) is 11.9. The molecule has 0 bridgehead atoms. The lowest BCUT2D eigenvalue weighted by Gasteiger charge is -2.10. The van der Waals surface area contributed by atoms with E-state index >= 15 is 0 Å². The number of hydrogen-bond acceptors (Lipinski definition) is 2. The van der Waals surface area contributed by atoms with Gasteiger partial charge in [-0.2, -0.15) is 4.52 Å². The van der Waals surface area contributed by atoms with Gasteiger partial charge in [-0.05, 0) is 24.0 Å². The van der Waals surface area contributed by atoms with Crippen LogP contribution in [0.2, 0.25) is 0 Å². The third-order valence-electron chi connectivity index (χ3n) is 3.31. The molecular weight excluding hydrogens is 226 g/mol. The zero-order valence-corrected chi connectivity index (χ0v) is 11.7. The van der Waals surface area contributed by atoms with E-state index in [1.54, 1.807) is 4.52 Å². The second-order valence-electron chi connectivity index (χ2n) is 5.35. The highest BCUT2D eigenvalue weighted by Gasteiger charge is 2.15. The van der Waals surface area contributed by atoms with E-state index in [1.807, 2.05) is 13.0 Å². The molecule has 0 saturated carbocycles. The number of aromatic nitrogens is 3. The lowest BCUT2D eigenvalue weighted by atomic mass is 9.97. The molecule has 98 valence electrons. The molecule has 2 heterocycles. The Bertz CT molecular complexity index is 620. The minimum Gasteiger partial charge on any atom is -0.276 e. The fourth-order valence-corrected chi connectivity index (χ4v) is 2.24. The third-order valence-corrected chi connectivity index (χ3v) is 3.31. The molecule has 0 fully saturated rings. The standard InChI is InChI=1S/C14H21N3O/c1-6-10-11(8(2)3)7-12-15-13(9(4)5)16-17(12)14(10)18/h7-9H,6H2,1-5H3,(H,15,16). The summed E-state index contributed by atoms with van der Waals surface area (Å²) in [4.78, 5) is 16.9. The quantitative estimate of drug-likeness (QED) is 0.906. The van der Waals surface area contributed by atoms with Gasteiger partial charge in [0.15, 0.2) is 5.65 Å². The molecule has 4 heteroatoms. The zero-order chi connectivity index (χ0) is 13.4. The molecule has 0 saturated heterocycles. The second kappa shape index (κ2) is 4.59. The number of rotatable bonds is 3. The molecule has 2 rings (SSSR count). The van der Waals surface area contributed by atoms with Gasteiger partial charge in [-0.1, -0.05) is 34.6 Å². The Morgan fingerprint density at radius 3 is 2.44 bits per heavy atom. The Balaban J connectivity index is 2.78. The molecule has 0 atom stereocenters. The Hall–Kier alpha value is -1.58. The van der Waals surface area contributed by atoms with Gasteiger partial charge >= 0.3 is 0 Å². The van der Waals surface area contributed by atoms with Gasteiger partial charge in [-0.15, -0.1) is 0 Å². The van der Waals surface area contributed by atoms with Crippen LogP contribution in [0.3, 0.4) is 0 Å². The van der Waals surface area contributed by atoms with Crippen LogP contribution < -0.4 is 5.56 Å². The lowest BCUT2D eigenvalue weighted by molar-refractivity contribution is 0.751. The van der Waals surface area contributed by atoms with E-state index < -0.39 is 0 Å². The van der Waals surface area contributed by atoms with Gasteiger partial charge in [0.05, 0.1) is 0 Å². The van der Waals surface area contributed by atoms with Crippen LogP contribution in [-0.2, 0) is 6.42 Å². The van der Waals surface area contributed by atoms with Crippen molar-refractivity contribution in [3.05, 3.63) is 33.4 Å². The molecule has 0 unspecified atom stereocenters. The Morgan fingerprint density at radius 2 is 1.94 bits per heavy atom. The van der Waals surface area contributed by atoms with Crippen LogP contribution in [0.1, 0.15) is 63.4 Å². The van der Waals surface area contributed by atoms with Crippen LogP contribution in [0.5, 0.6) is 0 Å². The number of pyridine rings is 1. The molecule has 0 aliphatic rings. The van der Waals surface area contributed by atoms with Gasteiger partial charge in [0.1, 0.15) is 5.82 Å². The van der Waals surface area contributed by atoms with Gasteiger partial charge in [0, 0.05) is 11.5 Å². The van der Waals surface area contributed by atoms with E-state index in [1.165, 1.54) is 0 Å². The summed E-state index contributed by atoms with van der Waals surface area (Å²) in [5.41, 5.74) is 2.77. The Labute approximate surface area is 107 Å². The monoisotopic (exact) mass is 247 g/mol. The Morgan fingerprint density at radius 1 is 1.28 bits per heavy atom. The minimum absolute atomic E-state index is 0.0399. The Kier molecular flexibility index (Phi) is 3.28. The number of aromatic amines is 1. The first kappa shape index (κ1) is 12.9.